The number of hydrogen-bond donors (Lipinski definition) is 0. The minimum absolute atomic E-state index is 0.111. The summed E-state index contributed by atoms with van der Waals surface area (Å²) in [5.41, 5.74) is 0.378. The Kier molecular flexibility index (Phi) is 3.81. The number of unbranched alkanes of at least 4 members (excludes halogenated alkanes) is 1. The maximum Gasteiger partial charge on any atom is 0.163 e. The molecule has 0 spiro atoms. The molecule has 0 N–H and O–H groups in total. The molecule has 0 aliphatic heterocycles. The second-order valence-corrected chi connectivity index (χ2v) is 2.95. The van der Waals surface area contributed by atoms with Crippen molar-refractivity contribution in [2.45, 2.75) is 19.3 Å². The van der Waals surface area contributed by atoms with Crippen LogP contribution in [0.25, 0.3) is 0 Å². The van der Waals surface area contributed by atoms with Gasteiger partial charge < -0.3 is 0 Å². The second-order valence-electron chi connectivity index (χ2n) is 2.95. The van der Waals surface area contributed by atoms with Crippen LogP contribution >= 0.6 is 0 Å². The maximum absolute atomic E-state index is 12.7. The lowest BCUT2D eigenvalue weighted by molar-refractivity contribution is 0.0980. The topological polar surface area (TPSA) is 40.9 Å². The highest BCUT2D eigenvalue weighted by Gasteiger charge is 2.05. The molecule has 0 saturated carbocycles. The third kappa shape index (κ3) is 2.98. The van der Waals surface area contributed by atoms with Crippen LogP contribution in [0.4, 0.5) is 4.39 Å². The highest BCUT2D eigenvalue weighted by Crippen LogP contribution is 2.08. The summed E-state index contributed by atoms with van der Waals surface area (Å²) < 4.78 is 12.7. The van der Waals surface area contributed by atoms with E-state index < -0.39 is 5.82 Å². The van der Waals surface area contributed by atoms with Crippen molar-refractivity contribution >= 4 is 5.78 Å². The van der Waals surface area contributed by atoms with E-state index in [9.17, 15) is 9.18 Å². The van der Waals surface area contributed by atoms with Gasteiger partial charge in [0.1, 0.15) is 5.82 Å². The van der Waals surface area contributed by atoms with Crippen LogP contribution in [0, 0.1) is 17.1 Å². The highest BCUT2D eigenvalue weighted by molar-refractivity contribution is 5.95. The SMILES string of the molecule is N#CCCCC(=O)c1cccc(F)c1. The van der Waals surface area contributed by atoms with E-state index in [1.54, 1.807) is 6.07 Å². The highest BCUT2D eigenvalue weighted by atomic mass is 19.1. The van der Waals surface area contributed by atoms with Crippen LogP contribution in [0.1, 0.15) is 29.6 Å². The number of hydrogen-bond acceptors (Lipinski definition) is 2. The van der Waals surface area contributed by atoms with E-state index in [0.29, 0.717) is 24.8 Å². The van der Waals surface area contributed by atoms with Crippen molar-refractivity contribution in [2.75, 3.05) is 0 Å². The van der Waals surface area contributed by atoms with Crippen LogP contribution < -0.4 is 0 Å². The van der Waals surface area contributed by atoms with E-state index in [0.717, 1.165) is 0 Å². The summed E-state index contributed by atoms with van der Waals surface area (Å²) in [6, 6.07) is 7.56. The Morgan fingerprint density at radius 3 is 2.93 bits per heavy atom. The summed E-state index contributed by atoms with van der Waals surface area (Å²) in [6.07, 6.45) is 1.20. The first-order valence-corrected chi connectivity index (χ1v) is 4.40. The maximum atomic E-state index is 12.7. The molecule has 2 nitrogen and oxygen atoms in total. The van der Waals surface area contributed by atoms with Gasteiger partial charge in [-0.2, -0.15) is 5.26 Å². The third-order valence-corrected chi connectivity index (χ3v) is 1.84. The van der Waals surface area contributed by atoms with Gasteiger partial charge >= 0.3 is 0 Å². The number of halogens is 1. The largest absolute Gasteiger partial charge is 0.294 e. The van der Waals surface area contributed by atoms with Gasteiger partial charge in [-0.05, 0) is 18.6 Å². The zero-order valence-corrected chi connectivity index (χ0v) is 7.66. The molecule has 0 aliphatic rings. The summed E-state index contributed by atoms with van der Waals surface area (Å²) in [5.74, 6) is -0.518. The Balaban J connectivity index is 2.57. The van der Waals surface area contributed by atoms with Crippen molar-refractivity contribution < 1.29 is 9.18 Å². The number of nitrogens with zero attached hydrogens (tertiary/aromatic N) is 1. The number of Topliss-reactive ketones (excluding diaryl/α,β-unsaturated/α-hetero) is 1. The molecule has 0 heterocycles. The second kappa shape index (κ2) is 5.13. The van der Waals surface area contributed by atoms with Gasteiger partial charge in [0.2, 0.25) is 0 Å². The number of rotatable bonds is 4. The Hall–Kier alpha value is -1.69. The van der Waals surface area contributed by atoms with Gasteiger partial charge in [-0.25, -0.2) is 4.39 Å². The molecule has 0 fully saturated rings. The normalized spacial score (nSPS) is 9.43. The average Bonchev–Trinajstić information content (AvgIpc) is 2.18. The molecule has 1 rings (SSSR count). The molecule has 0 atom stereocenters. The zero-order chi connectivity index (χ0) is 10.4. The molecular weight excluding hydrogens is 181 g/mol. The number of carbonyl (C=O) groups is 1. The summed E-state index contributed by atoms with van der Waals surface area (Å²) in [6.45, 7) is 0. The van der Waals surface area contributed by atoms with Crippen molar-refractivity contribution in [1.29, 1.82) is 5.26 Å². The Morgan fingerprint density at radius 2 is 2.29 bits per heavy atom. The fourth-order valence-electron chi connectivity index (χ4n) is 1.13. The molecule has 0 saturated heterocycles. The lowest BCUT2D eigenvalue weighted by Gasteiger charge is -1.98. The van der Waals surface area contributed by atoms with Crippen LogP contribution in [-0.2, 0) is 0 Å². The van der Waals surface area contributed by atoms with E-state index in [1.807, 2.05) is 6.07 Å². The lowest BCUT2D eigenvalue weighted by Crippen LogP contribution is -1.98. The fraction of sp³-hybridized carbons (Fsp3) is 0.273. The van der Waals surface area contributed by atoms with Gasteiger partial charge in [0.25, 0.3) is 0 Å². The summed E-state index contributed by atoms with van der Waals surface area (Å²) in [5, 5.41) is 8.27. The predicted molar refractivity (Wildman–Crippen MR) is 50.2 cm³/mol. The molecule has 0 bridgehead atoms. The molecule has 3 heteroatoms. The molecular formula is C11H10FNO. The molecule has 0 aliphatic carbocycles. The fourth-order valence-corrected chi connectivity index (χ4v) is 1.13. The first-order chi connectivity index (χ1) is 6.74. The van der Waals surface area contributed by atoms with Crippen LogP contribution in [0.3, 0.4) is 0 Å². The molecule has 0 unspecified atom stereocenters. The van der Waals surface area contributed by atoms with E-state index in [2.05, 4.69) is 0 Å². The third-order valence-electron chi connectivity index (χ3n) is 1.84. The molecule has 1 aromatic carbocycles. The molecule has 1 aromatic rings. The Bertz CT molecular complexity index is 368. The number of benzene rings is 1. The first-order valence-electron chi connectivity index (χ1n) is 4.40. The molecule has 0 aromatic heterocycles. The van der Waals surface area contributed by atoms with Gasteiger partial charge in [-0.3, -0.25) is 4.79 Å². The summed E-state index contributed by atoms with van der Waals surface area (Å²) in [4.78, 5) is 11.4. The predicted octanol–water partition coefficient (Wildman–Crippen LogP) is 2.70. The van der Waals surface area contributed by atoms with Gasteiger partial charge in [0, 0.05) is 18.4 Å². The van der Waals surface area contributed by atoms with E-state index >= 15 is 0 Å². The van der Waals surface area contributed by atoms with Gasteiger partial charge in [0.15, 0.2) is 5.78 Å². The molecule has 0 radical (unpaired) electrons. The number of carbonyl (C=O) groups excluding carboxylic acids is 1. The standard InChI is InChI=1S/C11H10FNO/c12-10-5-3-4-9(8-10)11(14)6-1-2-7-13/h3-5,8H,1-2,6H2. The lowest BCUT2D eigenvalue weighted by atomic mass is 10.1. The molecule has 72 valence electrons. The van der Waals surface area contributed by atoms with Gasteiger partial charge in [0.05, 0.1) is 6.07 Å². The van der Waals surface area contributed by atoms with Crippen LogP contribution in [-0.4, -0.2) is 5.78 Å². The minimum Gasteiger partial charge on any atom is -0.294 e. The van der Waals surface area contributed by atoms with E-state index in [1.165, 1.54) is 18.2 Å². The van der Waals surface area contributed by atoms with Crippen molar-refractivity contribution in [2.24, 2.45) is 0 Å². The smallest absolute Gasteiger partial charge is 0.163 e. The Labute approximate surface area is 82.0 Å². The monoisotopic (exact) mass is 191 g/mol. The number of nitriles is 1. The van der Waals surface area contributed by atoms with Crippen molar-refractivity contribution in [1.82, 2.24) is 0 Å². The van der Waals surface area contributed by atoms with Crippen LogP contribution in [0.5, 0.6) is 0 Å². The van der Waals surface area contributed by atoms with Crippen LogP contribution in [0.15, 0.2) is 24.3 Å². The zero-order valence-electron chi connectivity index (χ0n) is 7.66. The summed E-state index contributed by atoms with van der Waals surface area (Å²) >= 11 is 0. The van der Waals surface area contributed by atoms with Gasteiger partial charge in [-0.1, -0.05) is 12.1 Å². The van der Waals surface area contributed by atoms with Crippen LogP contribution in [0.2, 0.25) is 0 Å². The van der Waals surface area contributed by atoms with Crippen molar-refractivity contribution in [3.05, 3.63) is 35.6 Å². The van der Waals surface area contributed by atoms with Crippen molar-refractivity contribution in [3.8, 4) is 6.07 Å². The molecule has 0 amide bonds. The van der Waals surface area contributed by atoms with E-state index in [4.69, 9.17) is 5.26 Å². The quantitative estimate of drug-likeness (QED) is 0.542. The molecule has 14 heavy (non-hydrogen) atoms. The van der Waals surface area contributed by atoms with Gasteiger partial charge in [-0.15, -0.1) is 0 Å². The Morgan fingerprint density at radius 1 is 1.50 bits per heavy atom. The first kappa shape index (κ1) is 10.4. The average molecular weight is 191 g/mol. The van der Waals surface area contributed by atoms with E-state index in [-0.39, 0.29) is 5.78 Å². The summed E-state index contributed by atoms with van der Waals surface area (Å²) in [7, 11) is 0. The van der Waals surface area contributed by atoms with Crippen molar-refractivity contribution in [3.63, 3.8) is 0 Å². The minimum atomic E-state index is -0.406. The number of ketones is 1.